The fourth-order valence-corrected chi connectivity index (χ4v) is 6.49. The maximum atomic E-state index is 15.1. The van der Waals surface area contributed by atoms with Crippen molar-refractivity contribution in [2.75, 3.05) is 24.7 Å². The second-order valence-electron chi connectivity index (χ2n) is 8.45. The summed E-state index contributed by atoms with van der Waals surface area (Å²) in [5, 5.41) is 9.97. The summed E-state index contributed by atoms with van der Waals surface area (Å²) in [6.07, 6.45) is 0. The van der Waals surface area contributed by atoms with Crippen LogP contribution in [0, 0.1) is 19.7 Å². The molecule has 1 aromatic heterocycles. The number of anilines is 1. The molecule has 36 heavy (non-hydrogen) atoms. The molecule has 0 radical (unpaired) electrons. The van der Waals surface area contributed by atoms with Crippen LogP contribution in [0.2, 0.25) is 5.02 Å². The zero-order valence-electron chi connectivity index (χ0n) is 19.6. The molecule has 0 unspecified atom stereocenters. The highest BCUT2D eigenvalue weighted by molar-refractivity contribution is 7.89. The molecule has 0 bridgehead atoms. The van der Waals surface area contributed by atoms with E-state index < -0.39 is 33.6 Å². The van der Waals surface area contributed by atoms with Crippen LogP contribution in [0.5, 0.6) is 0 Å². The summed E-state index contributed by atoms with van der Waals surface area (Å²) >= 11 is 6.15. The minimum atomic E-state index is -4.20. The van der Waals surface area contributed by atoms with Crippen molar-refractivity contribution in [2.45, 2.75) is 37.6 Å². The van der Waals surface area contributed by atoms with Crippen molar-refractivity contribution < 1.29 is 17.2 Å². The molecule has 0 saturated carbocycles. The maximum absolute atomic E-state index is 15.1. The Morgan fingerprint density at radius 1 is 1.33 bits per heavy atom. The van der Waals surface area contributed by atoms with Gasteiger partial charge in [-0.15, -0.1) is 5.10 Å². The van der Waals surface area contributed by atoms with Gasteiger partial charge in [0.25, 0.3) is 0 Å². The van der Waals surface area contributed by atoms with Crippen molar-refractivity contribution >= 4 is 27.3 Å². The summed E-state index contributed by atoms with van der Waals surface area (Å²) in [6, 6.07) is 6.11. The number of hydrogen-bond acceptors (Lipinski definition) is 7. The first-order chi connectivity index (χ1) is 17.1. The summed E-state index contributed by atoms with van der Waals surface area (Å²) in [7, 11) is -4.20. The van der Waals surface area contributed by atoms with E-state index in [1.807, 2.05) is 6.92 Å². The summed E-state index contributed by atoms with van der Waals surface area (Å²) < 4.78 is 49.3. The van der Waals surface area contributed by atoms with E-state index in [4.69, 9.17) is 21.5 Å². The van der Waals surface area contributed by atoms with Crippen LogP contribution in [0.3, 0.4) is 0 Å². The van der Waals surface area contributed by atoms with E-state index in [1.54, 1.807) is 24.8 Å². The first kappa shape index (κ1) is 25.7. The Morgan fingerprint density at radius 2 is 2.08 bits per heavy atom. The third kappa shape index (κ3) is 4.58. The van der Waals surface area contributed by atoms with Crippen molar-refractivity contribution in [3.8, 4) is 0 Å². The number of hydrogen-bond donors (Lipinski definition) is 1. The average Bonchev–Trinajstić information content (AvgIpc) is 3.25. The molecular weight excluding hydrogens is 513 g/mol. The van der Waals surface area contributed by atoms with Gasteiger partial charge < -0.3 is 9.32 Å². The van der Waals surface area contributed by atoms with Crippen LogP contribution in [0.1, 0.15) is 41.5 Å². The number of sulfonamides is 1. The van der Waals surface area contributed by atoms with Crippen LogP contribution in [-0.4, -0.2) is 42.7 Å². The molecule has 0 aliphatic carbocycles. The van der Waals surface area contributed by atoms with Gasteiger partial charge in [0.15, 0.2) is 0 Å². The summed E-state index contributed by atoms with van der Waals surface area (Å²) in [5.74, 6) is -2.40. The number of nitrogens with zero attached hydrogens (tertiary/aromatic N) is 6. The van der Waals surface area contributed by atoms with Crippen LogP contribution in [-0.2, 0) is 10.0 Å². The molecule has 1 N–H and O–H groups in total. The zero-order chi connectivity index (χ0) is 26.2. The Hall–Kier alpha value is -3.38. The number of azide groups is 1. The molecule has 11 nitrogen and oxygen atoms in total. The number of H-pyrrole nitrogens is 1. The van der Waals surface area contributed by atoms with Gasteiger partial charge in [-0.2, -0.15) is 4.31 Å². The lowest BCUT2D eigenvalue weighted by Crippen LogP contribution is -2.50. The van der Waals surface area contributed by atoms with Crippen LogP contribution < -0.4 is 10.7 Å². The van der Waals surface area contributed by atoms with E-state index >= 15 is 4.39 Å². The van der Waals surface area contributed by atoms with E-state index in [9.17, 15) is 13.2 Å². The molecule has 2 aromatic carbocycles. The number of fused-ring (bicyclic) bond motifs is 1. The van der Waals surface area contributed by atoms with Gasteiger partial charge in [-0.3, -0.25) is 0 Å². The van der Waals surface area contributed by atoms with Gasteiger partial charge in [-0.05, 0) is 60.3 Å². The van der Waals surface area contributed by atoms with E-state index in [0.29, 0.717) is 16.3 Å². The van der Waals surface area contributed by atoms with Crippen molar-refractivity contribution in [2.24, 2.45) is 5.11 Å². The van der Waals surface area contributed by atoms with Crippen molar-refractivity contribution in [3.63, 3.8) is 0 Å². The number of halogens is 2. The molecule has 0 fully saturated rings. The second-order valence-corrected chi connectivity index (χ2v) is 10.7. The minimum absolute atomic E-state index is 0.0457. The van der Waals surface area contributed by atoms with Crippen LogP contribution in [0.15, 0.2) is 49.6 Å². The molecule has 0 amide bonds. The third-order valence-corrected chi connectivity index (χ3v) is 8.47. The van der Waals surface area contributed by atoms with Gasteiger partial charge in [0.1, 0.15) is 16.8 Å². The van der Waals surface area contributed by atoms with Crippen LogP contribution >= 0.6 is 11.6 Å². The fraction of sp³-hybridized carbons (Fsp3) is 0.364. The van der Waals surface area contributed by atoms with E-state index in [0.717, 1.165) is 9.87 Å². The van der Waals surface area contributed by atoms with Crippen molar-refractivity contribution in [3.05, 3.63) is 84.7 Å². The van der Waals surface area contributed by atoms with Gasteiger partial charge in [-0.1, -0.05) is 29.7 Å². The predicted molar refractivity (Wildman–Crippen MR) is 131 cm³/mol. The van der Waals surface area contributed by atoms with Crippen LogP contribution in [0.25, 0.3) is 10.4 Å². The topological polar surface area (TPSA) is 148 Å². The quantitative estimate of drug-likeness (QED) is 0.269. The molecule has 2 atom stereocenters. The van der Waals surface area contributed by atoms with Gasteiger partial charge in [-0.25, -0.2) is 22.7 Å². The molecule has 2 heterocycles. The third-order valence-electron chi connectivity index (χ3n) is 6.37. The Bertz CT molecular complexity index is 1520. The molecule has 1 aliphatic heterocycles. The van der Waals surface area contributed by atoms with E-state index in [-0.39, 0.29) is 36.1 Å². The number of aromatic nitrogens is 2. The van der Waals surface area contributed by atoms with Gasteiger partial charge >= 0.3 is 5.76 Å². The smallest absolute Gasteiger partial charge is 0.391 e. The number of benzene rings is 2. The SMILES string of the molecule is Cc1ccc(F)c([C@@H](C)[C@@H](c2n[nH]c(=O)o2)N2CN(CCN=[N+]=[N-])c3cc(Cl)ccc3S2(=O)=O)c1C. The first-order valence-electron chi connectivity index (χ1n) is 10.9. The number of aryl methyl sites for hydroxylation is 1. The Labute approximate surface area is 211 Å². The molecule has 14 heteroatoms. The molecule has 190 valence electrons. The largest absolute Gasteiger partial charge is 0.434 e. The summed E-state index contributed by atoms with van der Waals surface area (Å²) in [5.41, 5.74) is 10.8. The van der Waals surface area contributed by atoms with Gasteiger partial charge in [0.2, 0.25) is 15.9 Å². The minimum Gasteiger partial charge on any atom is -0.391 e. The van der Waals surface area contributed by atoms with E-state index in [2.05, 4.69) is 20.2 Å². The number of nitrogens with one attached hydrogen (secondary N) is 1. The zero-order valence-corrected chi connectivity index (χ0v) is 21.2. The van der Waals surface area contributed by atoms with Crippen molar-refractivity contribution in [1.29, 1.82) is 0 Å². The lowest BCUT2D eigenvalue weighted by Gasteiger charge is -2.42. The highest BCUT2D eigenvalue weighted by atomic mass is 35.5. The van der Waals surface area contributed by atoms with Crippen LogP contribution in [0.4, 0.5) is 10.1 Å². The van der Waals surface area contributed by atoms with Crippen molar-refractivity contribution in [1.82, 2.24) is 14.5 Å². The Balaban J connectivity index is 1.91. The highest BCUT2D eigenvalue weighted by Gasteiger charge is 2.45. The molecule has 3 aromatic rings. The maximum Gasteiger partial charge on any atom is 0.434 e. The summed E-state index contributed by atoms with van der Waals surface area (Å²) in [6.45, 7) is 5.24. The standard InChI is InChI=1S/C22H23ClFN7O4S/c1-12-4-6-16(24)19(13(12)2)14(3)20(21-27-28-22(32)35-21)31-11-30(9-8-26-29-25)17-10-15(23)5-7-18(17)36(31,33)34/h4-7,10,14,20H,8-9,11H2,1-3H3,(H,28,32)/t14-,20+/m1/s1. The highest BCUT2D eigenvalue weighted by Crippen LogP contribution is 2.44. The lowest BCUT2D eigenvalue weighted by atomic mass is 9.87. The van der Waals surface area contributed by atoms with Gasteiger partial charge in [0, 0.05) is 28.9 Å². The predicted octanol–water partition coefficient (Wildman–Crippen LogP) is 4.40. The van der Waals surface area contributed by atoms with Gasteiger partial charge in [0.05, 0.1) is 12.4 Å². The molecule has 0 saturated heterocycles. The number of rotatable bonds is 7. The Morgan fingerprint density at radius 3 is 2.75 bits per heavy atom. The number of aromatic amines is 1. The first-order valence-corrected chi connectivity index (χ1v) is 12.8. The lowest BCUT2D eigenvalue weighted by molar-refractivity contribution is 0.235. The fourth-order valence-electron chi connectivity index (χ4n) is 4.52. The van der Waals surface area contributed by atoms with E-state index in [1.165, 1.54) is 24.3 Å². The molecule has 1 aliphatic rings. The molecule has 0 spiro atoms. The summed E-state index contributed by atoms with van der Waals surface area (Å²) in [4.78, 5) is 16.3. The monoisotopic (exact) mass is 535 g/mol. The molecular formula is C22H23ClFN7O4S. The average molecular weight is 536 g/mol. The molecule has 4 rings (SSSR count). The Kier molecular flexibility index (Phi) is 7.10. The normalized spacial score (nSPS) is 16.8. The second kappa shape index (κ2) is 9.94.